The number of rotatable bonds is 7. The fraction of sp³-hybridized carbons (Fsp3) is 0.583. The van der Waals surface area contributed by atoms with Gasteiger partial charge in [0.15, 0.2) is 0 Å². The van der Waals surface area contributed by atoms with E-state index >= 15 is 0 Å². The molecule has 5 aliphatic rings. The van der Waals surface area contributed by atoms with E-state index in [1.807, 2.05) is 6.08 Å². The number of nitrogens with zero attached hydrogens (tertiary/aromatic N) is 3. The van der Waals surface area contributed by atoms with E-state index in [2.05, 4.69) is 14.9 Å². The van der Waals surface area contributed by atoms with Gasteiger partial charge in [0.1, 0.15) is 18.4 Å². The van der Waals surface area contributed by atoms with E-state index in [0.29, 0.717) is 30.8 Å². The first kappa shape index (κ1) is 19.5. The Balaban J connectivity index is 1.42. The maximum absolute atomic E-state index is 12.3. The lowest BCUT2D eigenvalue weighted by Crippen LogP contribution is -2.56. The van der Waals surface area contributed by atoms with Crippen LogP contribution in [-0.4, -0.2) is 46.2 Å². The fourth-order valence-electron chi connectivity index (χ4n) is 6.85. The highest BCUT2D eigenvalue weighted by atomic mass is 16.4. The molecule has 1 aromatic rings. The lowest BCUT2D eigenvalue weighted by molar-refractivity contribution is -0.151. The standard InChI is InChI=1S/C24H29N3O3/c28-14-24(23(29)30,12-16-1-4-25-5-2-16)13-21-3-6-26-15-27(21)22-19-8-17-7-18(10-19)11-20(22)9-17/h1-6,14,17-20,22H,7-13,15H2,(H,29,30). The summed E-state index contributed by atoms with van der Waals surface area (Å²) in [7, 11) is 0. The molecule has 4 fully saturated rings. The van der Waals surface area contributed by atoms with E-state index < -0.39 is 11.4 Å². The van der Waals surface area contributed by atoms with Gasteiger partial charge in [-0.05, 0) is 86.0 Å². The monoisotopic (exact) mass is 407 g/mol. The number of carbonyl (C=O) groups excluding carboxylic acids is 1. The van der Waals surface area contributed by atoms with Crippen LogP contribution in [0.25, 0.3) is 0 Å². The van der Waals surface area contributed by atoms with Crippen LogP contribution in [-0.2, 0) is 16.0 Å². The van der Waals surface area contributed by atoms with Crippen LogP contribution in [0.1, 0.15) is 44.1 Å². The molecule has 0 aromatic carbocycles. The van der Waals surface area contributed by atoms with Crippen molar-refractivity contribution in [2.45, 2.75) is 51.0 Å². The molecule has 1 aromatic heterocycles. The first-order valence-corrected chi connectivity index (χ1v) is 11.1. The molecule has 30 heavy (non-hydrogen) atoms. The summed E-state index contributed by atoms with van der Waals surface area (Å²) in [4.78, 5) is 35.4. The van der Waals surface area contributed by atoms with Gasteiger partial charge in [-0.1, -0.05) is 0 Å². The van der Waals surface area contributed by atoms with E-state index in [0.717, 1.165) is 23.1 Å². The van der Waals surface area contributed by atoms with Gasteiger partial charge in [-0.2, -0.15) is 0 Å². The van der Waals surface area contributed by atoms with Crippen molar-refractivity contribution in [3.05, 3.63) is 41.9 Å². The van der Waals surface area contributed by atoms with Crippen molar-refractivity contribution in [1.29, 1.82) is 0 Å². The molecule has 0 amide bonds. The average molecular weight is 408 g/mol. The van der Waals surface area contributed by atoms with E-state index in [9.17, 15) is 14.7 Å². The largest absolute Gasteiger partial charge is 0.480 e. The number of aliphatic carboxylic acids is 1. The fourth-order valence-corrected chi connectivity index (χ4v) is 6.85. The molecular formula is C24H29N3O3. The predicted molar refractivity (Wildman–Crippen MR) is 113 cm³/mol. The van der Waals surface area contributed by atoms with Gasteiger partial charge in [0.25, 0.3) is 0 Å². The van der Waals surface area contributed by atoms with Crippen LogP contribution in [0.2, 0.25) is 0 Å². The quantitative estimate of drug-likeness (QED) is 0.554. The number of carbonyl (C=O) groups is 2. The summed E-state index contributed by atoms with van der Waals surface area (Å²) in [5, 5.41) is 10.1. The lowest BCUT2D eigenvalue weighted by atomic mass is 9.53. The number of aldehydes is 1. The number of aliphatic imine (C=N–C) groups is 1. The molecule has 158 valence electrons. The number of hydrogen-bond donors (Lipinski definition) is 1. The summed E-state index contributed by atoms with van der Waals surface area (Å²) in [6.45, 7) is 0.572. The van der Waals surface area contributed by atoms with Crippen molar-refractivity contribution in [3.8, 4) is 0 Å². The van der Waals surface area contributed by atoms with Gasteiger partial charge < -0.3 is 14.8 Å². The molecule has 0 spiro atoms. The van der Waals surface area contributed by atoms with Crippen molar-refractivity contribution < 1.29 is 14.7 Å². The number of pyridine rings is 1. The van der Waals surface area contributed by atoms with Gasteiger partial charge in [-0.15, -0.1) is 0 Å². The van der Waals surface area contributed by atoms with Gasteiger partial charge in [-0.25, -0.2) is 0 Å². The first-order valence-electron chi connectivity index (χ1n) is 11.1. The molecule has 1 N–H and O–H groups in total. The van der Waals surface area contributed by atoms with Gasteiger partial charge in [0, 0.05) is 36.8 Å². The number of hydrogen-bond acceptors (Lipinski definition) is 5. The molecule has 4 aliphatic carbocycles. The molecule has 2 heterocycles. The normalized spacial score (nSPS) is 33.8. The van der Waals surface area contributed by atoms with Crippen LogP contribution in [0.4, 0.5) is 0 Å². The smallest absolute Gasteiger partial charge is 0.317 e. The molecule has 0 radical (unpaired) electrons. The van der Waals surface area contributed by atoms with Crippen LogP contribution < -0.4 is 0 Å². The Kier molecular flexibility index (Phi) is 4.95. The predicted octanol–water partition coefficient (Wildman–Crippen LogP) is 3.34. The van der Waals surface area contributed by atoms with Gasteiger partial charge in [-0.3, -0.25) is 14.8 Å². The van der Waals surface area contributed by atoms with Gasteiger partial charge in [0.2, 0.25) is 0 Å². The van der Waals surface area contributed by atoms with E-state index in [-0.39, 0.29) is 12.8 Å². The number of aromatic nitrogens is 1. The molecule has 6 heteroatoms. The number of carboxylic acid groups (broad SMARTS) is 1. The van der Waals surface area contributed by atoms with Crippen molar-refractivity contribution >= 4 is 18.5 Å². The number of carboxylic acids is 1. The minimum atomic E-state index is -1.48. The maximum atomic E-state index is 12.3. The second-order valence-electron chi connectivity index (χ2n) is 9.81. The van der Waals surface area contributed by atoms with Gasteiger partial charge in [0.05, 0.1) is 0 Å². The zero-order chi connectivity index (χ0) is 20.7. The highest BCUT2D eigenvalue weighted by Crippen LogP contribution is 2.56. The SMILES string of the molecule is O=CC(CC1=CC=NCN1C1C2CC3CC(C2)CC1C3)(Cc1ccncc1)C(=O)O. The zero-order valence-electron chi connectivity index (χ0n) is 17.2. The molecule has 6 nitrogen and oxygen atoms in total. The second kappa shape index (κ2) is 7.64. The Morgan fingerprint density at radius 2 is 1.77 bits per heavy atom. The Hall–Kier alpha value is -2.50. The molecule has 1 aliphatic heterocycles. The Labute approximate surface area is 177 Å². The summed E-state index contributed by atoms with van der Waals surface area (Å²) >= 11 is 0. The van der Waals surface area contributed by atoms with E-state index in [1.54, 1.807) is 30.7 Å². The van der Waals surface area contributed by atoms with Crippen molar-refractivity contribution in [2.75, 3.05) is 6.67 Å². The Morgan fingerprint density at radius 1 is 1.10 bits per heavy atom. The van der Waals surface area contributed by atoms with Gasteiger partial charge >= 0.3 is 5.97 Å². The maximum Gasteiger partial charge on any atom is 0.317 e. The molecule has 1 atom stereocenters. The van der Waals surface area contributed by atoms with Crippen LogP contribution in [0.15, 0.2) is 41.3 Å². The number of allylic oxidation sites excluding steroid dienone is 2. The summed E-state index contributed by atoms with van der Waals surface area (Å²) in [5.74, 6) is 2.04. The van der Waals surface area contributed by atoms with Crippen molar-refractivity contribution in [2.24, 2.45) is 34.1 Å². The third-order valence-electron chi connectivity index (χ3n) is 7.93. The van der Waals surface area contributed by atoms with Crippen molar-refractivity contribution in [1.82, 2.24) is 9.88 Å². The summed E-state index contributed by atoms with van der Waals surface area (Å²) in [5.41, 5.74) is 0.277. The Morgan fingerprint density at radius 3 is 2.37 bits per heavy atom. The topological polar surface area (TPSA) is 82.9 Å². The van der Waals surface area contributed by atoms with Crippen LogP contribution in [0.5, 0.6) is 0 Å². The summed E-state index contributed by atoms with van der Waals surface area (Å²) < 4.78 is 0. The molecule has 1 unspecified atom stereocenters. The zero-order valence-corrected chi connectivity index (χ0v) is 17.2. The third-order valence-corrected chi connectivity index (χ3v) is 7.93. The highest BCUT2D eigenvalue weighted by Gasteiger charge is 2.51. The molecule has 0 saturated heterocycles. The van der Waals surface area contributed by atoms with E-state index in [4.69, 9.17) is 0 Å². The molecular weight excluding hydrogens is 378 g/mol. The molecule has 4 saturated carbocycles. The van der Waals surface area contributed by atoms with Crippen LogP contribution in [0, 0.1) is 29.1 Å². The second-order valence-corrected chi connectivity index (χ2v) is 9.81. The average Bonchev–Trinajstić information content (AvgIpc) is 2.74. The Bertz CT molecular complexity index is 853. The third kappa shape index (κ3) is 3.36. The minimum absolute atomic E-state index is 0.165. The van der Waals surface area contributed by atoms with Crippen LogP contribution in [0.3, 0.4) is 0 Å². The highest BCUT2D eigenvalue weighted by molar-refractivity contribution is 5.93. The first-order chi connectivity index (χ1) is 14.6. The minimum Gasteiger partial charge on any atom is -0.480 e. The summed E-state index contributed by atoms with van der Waals surface area (Å²) in [6.07, 6.45) is 14.5. The van der Waals surface area contributed by atoms with E-state index in [1.165, 1.54) is 32.1 Å². The van der Waals surface area contributed by atoms with Crippen molar-refractivity contribution in [3.63, 3.8) is 0 Å². The molecule has 4 bridgehead atoms. The summed E-state index contributed by atoms with van der Waals surface area (Å²) in [6, 6.07) is 4.00. The van der Waals surface area contributed by atoms with Crippen LogP contribution >= 0.6 is 0 Å². The molecule has 6 rings (SSSR count). The lowest BCUT2D eigenvalue weighted by Gasteiger charge is -2.58.